The van der Waals surface area contributed by atoms with E-state index in [-0.39, 0.29) is 0 Å². The van der Waals surface area contributed by atoms with E-state index in [1.54, 1.807) is 23.3 Å². The van der Waals surface area contributed by atoms with Gasteiger partial charge in [0.1, 0.15) is 5.75 Å². The van der Waals surface area contributed by atoms with E-state index in [2.05, 4.69) is 15.5 Å². The predicted octanol–water partition coefficient (Wildman–Crippen LogP) is 2.58. The first kappa shape index (κ1) is 12.2. The van der Waals surface area contributed by atoms with Gasteiger partial charge in [0.05, 0.1) is 18.1 Å². The SMILES string of the molecule is Oc1ccccc1CNc1ccc(-n2nccn2)cc1. The number of nitrogens with zero attached hydrogens (tertiary/aromatic N) is 3. The van der Waals surface area contributed by atoms with Crippen LogP contribution in [-0.2, 0) is 6.54 Å². The van der Waals surface area contributed by atoms with E-state index in [0.29, 0.717) is 12.3 Å². The van der Waals surface area contributed by atoms with Crippen LogP contribution in [0.1, 0.15) is 5.56 Å². The van der Waals surface area contributed by atoms with Crippen molar-refractivity contribution in [1.82, 2.24) is 15.0 Å². The summed E-state index contributed by atoms with van der Waals surface area (Å²) in [4.78, 5) is 1.56. The van der Waals surface area contributed by atoms with Crippen LogP contribution in [0, 0.1) is 0 Å². The Morgan fingerprint density at radius 3 is 2.35 bits per heavy atom. The highest BCUT2D eigenvalue weighted by atomic mass is 16.3. The van der Waals surface area contributed by atoms with Crippen molar-refractivity contribution in [2.24, 2.45) is 0 Å². The van der Waals surface area contributed by atoms with Crippen LogP contribution in [-0.4, -0.2) is 20.1 Å². The van der Waals surface area contributed by atoms with Crippen LogP contribution < -0.4 is 5.32 Å². The third kappa shape index (κ3) is 2.61. The van der Waals surface area contributed by atoms with Crippen LogP contribution in [0.3, 0.4) is 0 Å². The number of phenolic OH excluding ortho intramolecular Hbond substituents is 1. The largest absolute Gasteiger partial charge is 0.508 e. The number of phenols is 1. The molecule has 0 saturated heterocycles. The van der Waals surface area contributed by atoms with E-state index in [9.17, 15) is 5.11 Å². The van der Waals surface area contributed by atoms with Gasteiger partial charge in [0.2, 0.25) is 0 Å². The highest BCUT2D eigenvalue weighted by Crippen LogP contribution is 2.18. The molecule has 5 heteroatoms. The molecular weight excluding hydrogens is 252 g/mol. The zero-order chi connectivity index (χ0) is 13.8. The highest BCUT2D eigenvalue weighted by Gasteiger charge is 2.01. The minimum absolute atomic E-state index is 0.303. The summed E-state index contributed by atoms with van der Waals surface area (Å²) in [5, 5.41) is 21.1. The van der Waals surface area contributed by atoms with Gasteiger partial charge < -0.3 is 10.4 Å². The second-order valence-corrected chi connectivity index (χ2v) is 4.35. The van der Waals surface area contributed by atoms with Crippen LogP contribution >= 0.6 is 0 Å². The molecule has 0 aliphatic rings. The molecule has 5 nitrogen and oxygen atoms in total. The van der Waals surface area contributed by atoms with Gasteiger partial charge in [-0.3, -0.25) is 0 Å². The molecule has 0 radical (unpaired) electrons. The average Bonchev–Trinajstić information content (AvgIpc) is 3.01. The zero-order valence-corrected chi connectivity index (χ0v) is 10.8. The molecule has 0 spiro atoms. The summed E-state index contributed by atoms with van der Waals surface area (Å²) in [7, 11) is 0. The lowest BCUT2D eigenvalue weighted by molar-refractivity contribution is 0.469. The molecule has 1 heterocycles. The number of nitrogens with one attached hydrogen (secondary N) is 1. The standard InChI is InChI=1S/C15H14N4O/c20-15-4-2-1-3-12(15)11-16-13-5-7-14(8-6-13)19-17-9-10-18-19/h1-10,16,20H,11H2. The van der Waals surface area contributed by atoms with E-state index in [1.807, 2.05) is 42.5 Å². The minimum Gasteiger partial charge on any atom is -0.508 e. The fraction of sp³-hybridized carbons (Fsp3) is 0.0667. The number of benzene rings is 2. The van der Waals surface area contributed by atoms with Gasteiger partial charge in [-0.25, -0.2) is 0 Å². The first-order valence-electron chi connectivity index (χ1n) is 6.30. The summed E-state index contributed by atoms with van der Waals surface area (Å²) in [6, 6.07) is 15.1. The molecule has 2 N–H and O–H groups in total. The van der Waals surface area contributed by atoms with Gasteiger partial charge in [0, 0.05) is 17.8 Å². The van der Waals surface area contributed by atoms with Crippen molar-refractivity contribution >= 4 is 5.69 Å². The molecule has 2 aromatic carbocycles. The van der Waals surface area contributed by atoms with E-state index >= 15 is 0 Å². The molecule has 20 heavy (non-hydrogen) atoms. The molecule has 1 aromatic heterocycles. The van der Waals surface area contributed by atoms with Gasteiger partial charge in [-0.1, -0.05) is 18.2 Å². The first-order chi connectivity index (χ1) is 9.83. The Morgan fingerprint density at radius 2 is 1.65 bits per heavy atom. The van der Waals surface area contributed by atoms with Crippen LogP contribution in [0.5, 0.6) is 5.75 Å². The second kappa shape index (κ2) is 5.44. The Morgan fingerprint density at radius 1 is 0.950 bits per heavy atom. The minimum atomic E-state index is 0.303. The lowest BCUT2D eigenvalue weighted by atomic mass is 10.2. The number of hydrogen-bond acceptors (Lipinski definition) is 4. The van der Waals surface area contributed by atoms with E-state index in [0.717, 1.165) is 16.9 Å². The highest BCUT2D eigenvalue weighted by molar-refractivity contribution is 5.49. The average molecular weight is 266 g/mol. The monoisotopic (exact) mass is 266 g/mol. The van der Waals surface area contributed by atoms with Crippen molar-refractivity contribution in [2.75, 3.05) is 5.32 Å². The van der Waals surface area contributed by atoms with Crippen molar-refractivity contribution in [2.45, 2.75) is 6.54 Å². The lowest BCUT2D eigenvalue weighted by Gasteiger charge is -2.08. The summed E-state index contributed by atoms with van der Waals surface area (Å²) in [5.74, 6) is 0.303. The molecule has 0 saturated carbocycles. The Hall–Kier alpha value is -2.82. The topological polar surface area (TPSA) is 63.0 Å². The van der Waals surface area contributed by atoms with Gasteiger partial charge in [-0.15, -0.1) is 0 Å². The Kier molecular flexibility index (Phi) is 3.33. The Balaban J connectivity index is 1.68. The number of aromatic hydroxyl groups is 1. The van der Waals surface area contributed by atoms with Gasteiger partial charge >= 0.3 is 0 Å². The fourth-order valence-corrected chi connectivity index (χ4v) is 1.92. The number of rotatable bonds is 4. The second-order valence-electron chi connectivity index (χ2n) is 4.35. The van der Waals surface area contributed by atoms with Crippen molar-refractivity contribution < 1.29 is 5.11 Å². The molecule has 0 bridgehead atoms. The molecule has 0 unspecified atom stereocenters. The summed E-state index contributed by atoms with van der Waals surface area (Å²) in [6.07, 6.45) is 3.29. The van der Waals surface area contributed by atoms with Gasteiger partial charge in [-0.2, -0.15) is 15.0 Å². The van der Waals surface area contributed by atoms with E-state index in [1.165, 1.54) is 0 Å². The molecule has 0 aliphatic carbocycles. The van der Waals surface area contributed by atoms with Gasteiger partial charge in [0.25, 0.3) is 0 Å². The van der Waals surface area contributed by atoms with E-state index in [4.69, 9.17) is 0 Å². The molecule has 0 amide bonds. The maximum absolute atomic E-state index is 9.70. The predicted molar refractivity (Wildman–Crippen MR) is 76.8 cm³/mol. The summed E-state index contributed by atoms with van der Waals surface area (Å²) in [5.41, 5.74) is 2.75. The maximum atomic E-state index is 9.70. The van der Waals surface area contributed by atoms with Gasteiger partial charge in [-0.05, 0) is 30.3 Å². The summed E-state index contributed by atoms with van der Waals surface area (Å²) >= 11 is 0. The van der Waals surface area contributed by atoms with E-state index < -0.39 is 0 Å². The first-order valence-corrected chi connectivity index (χ1v) is 6.30. The molecule has 0 aliphatic heterocycles. The Labute approximate surface area is 116 Å². The number of aromatic nitrogens is 3. The van der Waals surface area contributed by atoms with Crippen molar-refractivity contribution in [1.29, 1.82) is 0 Å². The van der Waals surface area contributed by atoms with Crippen LogP contribution in [0.4, 0.5) is 5.69 Å². The van der Waals surface area contributed by atoms with Crippen LogP contribution in [0.25, 0.3) is 5.69 Å². The molecule has 3 rings (SSSR count). The fourth-order valence-electron chi connectivity index (χ4n) is 1.92. The summed E-state index contributed by atoms with van der Waals surface area (Å²) in [6.45, 7) is 0.575. The molecule has 0 fully saturated rings. The molecule has 3 aromatic rings. The van der Waals surface area contributed by atoms with Gasteiger partial charge in [0.15, 0.2) is 0 Å². The van der Waals surface area contributed by atoms with Crippen molar-refractivity contribution in [3.05, 3.63) is 66.5 Å². The Bertz CT molecular complexity index is 677. The maximum Gasteiger partial charge on any atom is 0.120 e. The number of hydrogen-bond donors (Lipinski definition) is 2. The molecular formula is C15H14N4O. The number of anilines is 1. The van der Waals surface area contributed by atoms with Crippen molar-refractivity contribution in [3.63, 3.8) is 0 Å². The van der Waals surface area contributed by atoms with Crippen LogP contribution in [0.2, 0.25) is 0 Å². The normalized spacial score (nSPS) is 10.4. The van der Waals surface area contributed by atoms with Crippen molar-refractivity contribution in [3.8, 4) is 11.4 Å². The third-order valence-electron chi connectivity index (χ3n) is 2.99. The zero-order valence-electron chi connectivity index (χ0n) is 10.8. The number of para-hydroxylation sites is 1. The quantitative estimate of drug-likeness (QED) is 0.762. The molecule has 100 valence electrons. The third-order valence-corrected chi connectivity index (χ3v) is 2.99. The summed E-state index contributed by atoms with van der Waals surface area (Å²) < 4.78 is 0. The lowest BCUT2D eigenvalue weighted by Crippen LogP contribution is -2.01. The molecule has 0 atom stereocenters. The van der Waals surface area contributed by atoms with Crippen LogP contribution in [0.15, 0.2) is 60.9 Å². The smallest absolute Gasteiger partial charge is 0.120 e.